The molecular formula is C12H23N5. The van der Waals surface area contributed by atoms with Gasteiger partial charge < -0.3 is 10.6 Å². The second-order valence-electron chi connectivity index (χ2n) is 4.86. The summed E-state index contributed by atoms with van der Waals surface area (Å²) in [7, 11) is 0. The third-order valence-electron chi connectivity index (χ3n) is 3.36. The Balaban J connectivity index is 1.85. The summed E-state index contributed by atoms with van der Waals surface area (Å²) in [6.07, 6.45) is 6.78. The lowest BCUT2D eigenvalue weighted by atomic mass is 10.1. The molecule has 1 aromatic heterocycles. The van der Waals surface area contributed by atoms with Crippen molar-refractivity contribution in [3.8, 4) is 0 Å². The average molecular weight is 237 g/mol. The molecule has 17 heavy (non-hydrogen) atoms. The van der Waals surface area contributed by atoms with E-state index in [1.54, 1.807) is 0 Å². The number of nitrogens with one attached hydrogen (secondary N) is 1. The van der Waals surface area contributed by atoms with Crippen molar-refractivity contribution in [3.63, 3.8) is 0 Å². The minimum atomic E-state index is 0.356. The van der Waals surface area contributed by atoms with E-state index >= 15 is 0 Å². The maximum absolute atomic E-state index is 5.89. The van der Waals surface area contributed by atoms with Crippen molar-refractivity contribution in [2.45, 2.75) is 51.5 Å². The van der Waals surface area contributed by atoms with Crippen LogP contribution in [0.4, 0.5) is 5.95 Å². The molecule has 0 aliphatic carbocycles. The van der Waals surface area contributed by atoms with Crippen LogP contribution in [0.15, 0.2) is 0 Å². The molecule has 3 N–H and O–H groups in total. The first-order chi connectivity index (χ1) is 8.29. The van der Waals surface area contributed by atoms with E-state index in [0.29, 0.717) is 6.04 Å². The number of unbranched alkanes of at least 4 members (excludes halogenated alkanes) is 2. The number of piperidine rings is 1. The third-order valence-corrected chi connectivity index (χ3v) is 3.36. The molecule has 0 atom stereocenters. The van der Waals surface area contributed by atoms with E-state index < -0.39 is 0 Å². The number of aromatic nitrogens is 3. The molecule has 0 bridgehead atoms. The Morgan fingerprint density at radius 2 is 2.12 bits per heavy atom. The molecule has 1 aliphatic heterocycles. The Kier molecular flexibility index (Phi) is 4.36. The lowest BCUT2D eigenvalue weighted by molar-refractivity contribution is 0.496. The van der Waals surface area contributed by atoms with Gasteiger partial charge in [0.1, 0.15) is 5.82 Å². The Bertz CT molecular complexity index is 327. The van der Waals surface area contributed by atoms with Gasteiger partial charge in [0.25, 0.3) is 0 Å². The number of rotatable bonds is 5. The molecule has 2 heterocycles. The van der Waals surface area contributed by atoms with Crippen LogP contribution in [0.25, 0.3) is 0 Å². The Labute approximate surface area is 103 Å². The summed E-state index contributed by atoms with van der Waals surface area (Å²) in [5, 5.41) is 7.33. The standard InChI is InChI=1S/C12H23N5/c1-2-3-4-5-11-14-12(16-15-11)17-8-6-10(13)7-9-17/h10H,2-9,13H2,1H3,(H,14,15,16). The summed E-state index contributed by atoms with van der Waals surface area (Å²) >= 11 is 0. The molecule has 1 aliphatic rings. The maximum atomic E-state index is 5.89. The van der Waals surface area contributed by atoms with Crippen LogP contribution in [0.5, 0.6) is 0 Å². The monoisotopic (exact) mass is 237 g/mol. The van der Waals surface area contributed by atoms with Gasteiger partial charge in [-0.15, -0.1) is 5.10 Å². The predicted octanol–water partition coefficient (Wildman–Crippen LogP) is 1.46. The lowest BCUT2D eigenvalue weighted by Gasteiger charge is -2.28. The number of nitrogens with two attached hydrogens (primary N) is 1. The van der Waals surface area contributed by atoms with Crippen molar-refractivity contribution in [2.24, 2.45) is 5.73 Å². The van der Waals surface area contributed by atoms with Gasteiger partial charge in [0.2, 0.25) is 5.95 Å². The van der Waals surface area contributed by atoms with Gasteiger partial charge in [-0.25, -0.2) is 0 Å². The van der Waals surface area contributed by atoms with Gasteiger partial charge in [0, 0.05) is 25.6 Å². The Morgan fingerprint density at radius 3 is 2.82 bits per heavy atom. The van der Waals surface area contributed by atoms with E-state index in [4.69, 9.17) is 5.73 Å². The van der Waals surface area contributed by atoms with Gasteiger partial charge in [-0.1, -0.05) is 19.8 Å². The molecule has 5 heteroatoms. The largest absolute Gasteiger partial charge is 0.339 e. The van der Waals surface area contributed by atoms with E-state index in [-0.39, 0.29) is 0 Å². The Hall–Kier alpha value is -1.10. The second-order valence-corrected chi connectivity index (χ2v) is 4.86. The fourth-order valence-corrected chi connectivity index (χ4v) is 2.18. The molecule has 0 aromatic carbocycles. The molecule has 0 spiro atoms. The summed E-state index contributed by atoms with van der Waals surface area (Å²) in [4.78, 5) is 6.77. The van der Waals surface area contributed by atoms with E-state index in [0.717, 1.165) is 44.1 Å². The molecule has 0 radical (unpaired) electrons. The van der Waals surface area contributed by atoms with Crippen molar-refractivity contribution in [3.05, 3.63) is 5.82 Å². The fraction of sp³-hybridized carbons (Fsp3) is 0.833. The molecule has 0 unspecified atom stereocenters. The number of H-pyrrole nitrogens is 1. The van der Waals surface area contributed by atoms with Gasteiger partial charge in [0.15, 0.2) is 0 Å². The highest BCUT2D eigenvalue weighted by Crippen LogP contribution is 2.15. The van der Waals surface area contributed by atoms with Crippen LogP contribution in [0, 0.1) is 0 Å². The SMILES string of the molecule is CCCCCc1nc(N2CCC(N)CC2)n[nH]1. The van der Waals surface area contributed by atoms with Crippen molar-refractivity contribution in [2.75, 3.05) is 18.0 Å². The van der Waals surface area contributed by atoms with Gasteiger partial charge >= 0.3 is 0 Å². The number of hydrogen-bond donors (Lipinski definition) is 2. The minimum Gasteiger partial charge on any atom is -0.339 e. The van der Waals surface area contributed by atoms with Gasteiger partial charge in [0.05, 0.1) is 0 Å². The zero-order valence-electron chi connectivity index (χ0n) is 10.7. The van der Waals surface area contributed by atoms with Crippen LogP contribution in [0.2, 0.25) is 0 Å². The highest BCUT2D eigenvalue weighted by atomic mass is 15.4. The smallest absolute Gasteiger partial charge is 0.244 e. The number of hydrogen-bond acceptors (Lipinski definition) is 4. The van der Waals surface area contributed by atoms with Crippen molar-refractivity contribution >= 4 is 5.95 Å². The van der Waals surface area contributed by atoms with Gasteiger partial charge in [-0.3, -0.25) is 5.10 Å². The Morgan fingerprint density at radius 1 is 1.35 bits per heavy atom. The first-order valence-electron chi connectivity index (χ1n) is 6.71. The molecule has 1 fully saturated rings. The molecule has 1 saturated heterocycles. The average Bonchev–Trinajstić information content (AvgIpc) is 2.79. The van der Waals surface area contributed by atoms with Crippen LogP contribution in [0.3, 0.4) is 0 Å². The summed E-state index contributed by atoms with van der Waals surface area (Å²) in [5.41, 5.74) is 5.89. The normalized spacial score (nSPS) is 17.6. The number of aryl methyl sites for hydroxylation is 1. The molecule has 5 nitrogen and oxygen atoms in total. The predicted molar refractivity (Wildman–Crippen MR) is 69.0 cm³/mol. The molecular weight excluding hydrogens is 214 g/mol. The zero-order valence-corrected chi connectivity index (χ0v) is 10.7. The quantitative estimate of drug-likeness (QED) is 0.761. The van der Waals surface area contributed by atoms with Gasteiger partial charge in [-0.2, -0.15) is 4.98 Å². The summed E-state index contributed by atoms with van der Waals surface area (Å²) in [6.45, 7) is 4.17. The van der Waals surface area contributed by atoms with Crippen LogP contribution in [-0.2, 0) is 6.42 Å². The first kappa shape index (κ1) is 12.4. The summed E-state index contributed by atoms with van der Waals surface area (Å²) in [5.74, 6) is 1.87. The second kappa shape index (κ2) is 6.00. The van der Waals surface area contributed by atoms with Crippen molar-refractivity contribution in [1.29, 1.82) is 0 Å². The van der Waals surface area contributed by atoms with Crippen LogP contribution in [0.1, 0.15) is 44.9 Å². The third kappa shape index (κ3) is 3.43. The highest BCUT2D eigenvalue weighted by Gasteiger charge is 2.19. The topological polar surface area (TPSA) is 70.8 Å². The molecule has 0 saturated carbocycles. The van der Waals surface area contributed by atoms with Crippen LogP contribution in [-0.4, -0.2) is 34.3 Å². The minimum absolute atomic E-state index is 0.356. The van der Waals surface area contributed by atoms with E-state index in [9.17, 15) is 0 Å². The van der Waals surface area contributed by atoms with Crippen molar-refractivity contribution in [1.82, 2.24) is 15.2 Å². The maximum Gasteiger partial charge on any atom is 0.244 e. The van der Waals surface area contributed by atoms with Crippen LogP contribution < -0.4 is 10.6 Å². The van der Waals surface area contributed by atoms with Gasteiger partial charge in [-0.05, 0) is 19.3 Å². The summed E-state index contributed by atoms with van der Waals surface area (Å²) < 4.78 is 0. The number of nitrogens with zero attached hydrogens (tertiary/aromatic N) is 3. The fourth-order valence-electron chi connectivity index (χ4n) is 2.18. The van der Waals surface area contributed by atoms with E-state index in [1.807, 2.05) is 0 Å². The van der Waals surface area contributed by atoms with Crippen molar-refractivity contribution < 1.29 is 0 Å². The van der Waals surface area contributed by atoms with Crippen LogP contribution >= 0.6 is 0 Å². The van der Waals surface area contributed by atoms with E-state index in [1.165, 1.54) is 19.3 Å². The zero-order chi connectivity index (χ0) is 12.1. The molecule has 0 amide bonds. The summed E-state index contributed by atoms with van der Waals surface area (Å²) in [6, 6.07) is 0.356. The molecule has 96 valence electrons. The number of aromatic amines is 1. The molecule has 2 rings (SSSR count). The highest BCUT2D eigenvalue weighted by molar-refractivity contribution is 5.29. The molecule has 1 aromatic rings. The van der Waals surface area contributed by atoms with E-state index in [2.05, 4.69) is 27.0 Å². The lowest BCUT2D eigenvalue weighted by Crippen LogP contribution is -2.40. The number of anilines is 1. The first-order valence-corrected chi connectivity index (χ1v) is 6.71.